The Morgan fingerprint density at radius 3 is 2.56 bits per heavy atom. The van der Waals surface area contributed by atoms with Crippen molar-refractivity contribution in [3.8, 4) is 5.82 Å². The molecule has 0 saturated carbocycles. The van der Waals surface area contributed by atoms with Gasteiger partial charge in [-0.2, -0.15) is 4.98 Å². The Kier molecular flexibility index (Phi) is 5.65. The van der Waals surface area contributed by atoms with Crippen molar-refractivity contribution in [3.63, 3.8) is 0 Å². The van der Waals surface area contributed by atoms with E-state index in [-0.39, 0.29) is 0 Å². The molecule has 4 heterocycles. The lowest BCUT2D eigenvalue weighted by Crippen LogP contribution is -2.44. The number of nitrogens with one attached hydrogen (secondary N) is 1. The standard InChI is InChI=1S/C28H33N7O/c1-4-28(36)12-11-20-5-10-24(31-25(20)28)35-19(2)17-21-18-29-27(32-26(21)35)30-22-6-8-23(9-7-22)34-15-13-33(3)14-16-34/h5-10,17-18,36H,4,11-16H2,1-3H3,(H,29,30,32). The number of aromatic nitrogens is 4. The molecule has 1 atom stereocenters. The number of aliphatic hydroxyl groups is 1. The Morgan fingerprint density at radius 2 is 1.81 bits per heavy atom. The largest absolute Gasteiger partial charge is 0.384 e. The third-order valence-electron chi connectivity index (χ3n) is 7.74. The highest BCUT2D eigenvalue weighted by molar-refractivity contribution is 5.80. The second-order valence-corrected chi connectivity index (χ2v) is 10.1. The average Bonchev–Trinajstić information content (AvgIpc) is 3.41. The first kappa shape index (κ1) is 22.9. The fourth-order valence-electron chi connectivity index (χ4n) is 5.43. The highest BCUT2D eigenvalue weighted by Crippen LogP contribution is 2.38. The molecule has 3 aromatic heterocycles. The van der Waals surface area contributed by atoms with Crippen molar-refractivity contribution in [1.29, 1.82) is 0 Å². The smallest absolute Gasteiger partial charge is 0.229 e. The first-order chi connectivity index (χ1) is 17.4. The van der Waals surface area contributed by atoms with Gasteiger partial charge in [-0.25, -0.2) is 9.97 Å². The van der Waals surface area contributed by atoms with Gasteiger partial charge in [0.25, 0.3) is 0 Å². The van der Waals surface area contributed by atoms with Crippen molar-refractivity contribution in [2.24, 2.45) is 0 Å². The fraction of sp³-hybridized carbons (Fsp3) is 0.393. The maximum atomic E-state index is 11.1. The van der Waals surface area contributed by atoms with Crippen LogP contribution in [0.15, 0.2) is 48.7 Å². The number of anilines is 3. The quantitative estimate of drug-likeness (QED) is 0.441. The van der Waals surface area contributed by atoms with E-state index in [0.29, 0.717) is 12.4 Å². The number of piperazine rings is 1. The van der Waals surface area contributed by atoms with Crippen LogP contribution in [0.4, 0.5) is 17.3 Å². The van der Waals surface area contributed by atoms with Crippen LogP contribution >= 0.6 is 0 Å². The molecular formula is C28H33N7O. The van der Waals surface area contributed by atoms with Gasteiger partial charge >= 0.3 is 0 Å². The van der Waals surface area contributed by atoms with Gasteiger partial charge in [0.2, 0.25) is 5.95 Å². The molecule has 1 fully saturated rings. The molecule has 0 amide bonds. The molecule has 0 spiro atoms. The number of pyridine rings is 1. The van der Waals surface area contributed by atoms with Crippen molar-refractivity contribution in [1.82, 2.24) is 24.4 Å². The van der Waals surface area contributed by atoms with Crippen molar-refractivity contribution in [2.45, 2.75) is 38.7 Å². The molecule has 6 rings (SSSR count). The summed E-state index contributed by atoms with van der Waals surface area (Å²) in [7, 11) is 2.17. The van der Waals surface area contributed by atoms with Crippen molar-refractivity contribution in [3.05, 3.63) is 65.6 Å². The van der Waals surface area contributed by atoms with Crippen LogP contribution in [0, 0.1) is 6.92 Å². The van der Waals surface area contributed by atoms with Gasteiger partial charge in [-0.1, -0.05) is 13.0 Å². The summed E-state index contributed by atoms with van der Waals surface area (Å²) in [4.78, 5) is 19.1. The number of aryl methyl sites for hydroxylation is 2. The van der Waals surface area contributed by atoms with Gasteiger partial charge < -0.3 is 20.2 Å². The minimum absolute atomic E-state index is 0.542. The zero-order chi connectivity index (χ0) is 24.9. The lowest BCUT2D eigenvalue weighted by atomic mass is 9.98. The lowest BCUT2D eigenvalue weighted by Gasteiger charge is -2.34. The van der Waals surface area contributed by atoms with E-state index >= 15 is 0 Å². The van der Waals surface area contributed by atoms with Gasteiger partial charge in [-0.05, 0) is 75.2 Å². The summed E-state index contributed by atoms with van der Waals surface area (Å²) in [5.74, 6) is 1.32. The minimum Gasteiger partial charge on any atom is -0.384 e. The predicted molar refractivity (Wildman–Crippen MR) is 143 cm³/mol. The topological polar surface area (TPSA) is 82.3 Å². The molecular weight excluding hydrogens is 450 g/mol. The highest BCUT2D eigenvalue weighted by atomic mass is 16.3. The Morgan fingerprint density at radius 1 is 1.03 bits per heavy atom. The van der Waals surface area contributed by atoms with Crippen molar-refractivity contribution >= 4 is 28.4 Å². The number of hydrogen-bond donors (Lipinski definition) is 2. The Balaban J connectivity index is 1.29. The molecule has 0 bridgehead atoms. The van der Waals surface area contributed by atoms with Crippen molar-refractivity contribution in [2.75, 3.05) is 43.4 Å². The molecule has 36 heavy (non-hydrogen) atoms. The maximum absolute atomic E-state index is 11.1. The molecule has 1 unspecified atom stereocenters. The van der Waals surface area contributed by atoms with Crippen LogP contribution in [0.2, 0.25) is 0 Å². The van der Waals surface area contributed by atoms with E-state index in [1.165, 1.54) is 5.69 Å². The Labute approximate surface area is 211 Å². The van der Waals surface area contributed by atoms with Gasteiger partial charge in [0.05, 0.1) is 5.69 Å². The number of rotatable bonds is 5. The SMILES string of the molecule is CCC1(O)CCc2ccc(-n3c(C)cc4cnc(Nc5ccc(N6CCN(C)CC6)cc5)nc43)nc21. The van der Waals surface area contributed by atoms with E-state index in [1.54, 1.807) is 0 Å². The molecule has 8 nitrogen and oxygen atoms in total. The van der Waals surface area contributed by atoms with Gasteiger partial charge in [0.1, 0.15) is 11.4 Å². The minimum atomic E-state index is -0.847. The first-order valence-corrected chi connectivity index (χ1v) is 12.8. The molecule has 0 radical (unpaired) electrons. The normalized spacial score (nSPS) is 20.2. The molecule has 1 aliphatic heterocycles. The Bertz CT molecular complexity index is 1410. The van der Waals surface area contributed by atoms with Crippen LogP contribution < -0.4 is 10.2 Å². The highest BCUT2D eigenvalue weighted by Gasteiger charge is 2.37. The van der Waals surface area contributed by atoms with E-state index < -0.39 is 5.60 Å². The predicted octanol–water partition coefficient (Wildman–Crippen LogP) is 4.16. The van der Waals surface area contributed by atoms with Crippen LogP contribution in [0.1, 0.15) is 36.7 Å². The van der Waals surface area contributed by atoms with Crippen LogP contribution in [0.5, 0.6) is 0 Å². The van der Waals surface area contributed by atoms with Crippen LogP contribution in [-0.4, -0.2) is 62.8 Å². The average molecular weight is 484 g/mol. The van der Waals surface area contributed by atoms with Gasteiger partial charge in [-0.15, -0.1) is 0 Å². The molecule has 8 heteroatoms. The van der Waals surface area contributed by atoms with E-state index in [1.807, 2.05) is 30.7 Å². The monoisotopic (exact) mass is 483 g/mol. The summed E-state index contributed by atoms with van der Waals surface area (Å²) >= 11 is 0. The third kappa shape index (κ3) is 4.00. The summed E-state index contributed by atoms with van der Waals surface area (Å²) in [5, 5.41) is 15.4. The molecule has 186 valence electrons. The van der Waals surface area contributed by atoms with E-state index in [9.17, 15) is 5.11 Å². The number of likely N-dealkylation sites (N-methyl/N-ethyl adjacent to an activating group) is 1. The summed E-state index contributed by atoms with van der Waals surface area (Å²) in [5.41, 5.74) is 5.10. The molecule has 4 aromatic rings. The van der Waals surface area contributed by atoms with E-state index in [0.717, 1.165) is 78.5 Å². The zero-order valence-corrected chi connectivity index (χ0v) is 21.2. The molecule has 2 aliphatic rings. The third-order valence-corrected chi connectivity index (χ3v) is 7.74. The van der Waals surface area contributed by atoms with Gasteiger partial charge in [-0.3, -0.25) is 4.57 Å². The van der Waals surface area contributed by atoms with Crippen LogP contribution in [0.25, 0.3) is 16.9 Å². The fourth-order valence-corrected chi connectivity index (χ4v) is 5.43. The summed E-state index contributed by atoms with van der Waals surface area (Å²) < 4.78 is 2.05. The zero-order valence-electron chi connectivity index (χ0n) is 21.2. The van der Waals surface area contributed by atoms with Gasteiger partial charge in [0.15, 0.2) is 5.65 Å². The van der Waals surface area contributed by atoms with Crippen LogP contribution in [0.3, 0.4) is 0 Å². The van der Waals surface area contributed by atoms with E-state index in [2.05, 4.69) is 63.5 Å². The van der Waals surface area contributed by atoms with Gasteiger partial charge in [0, 0.05) is 54.8 Å². The molecule has 1 aliphatic carbocycles. The van der Waals surface area contributed by atoms with Crippen molar-refractivity contribution < 1.29 is 5.11 Å². The summed E-state index contributed by atoms with van der Waals surface area (Å²) in [6.07, 6.45) is 4.10. The number of fused-ring (bicyclic) bond motifs is 2. The number of nitrogens with zero attached hydrogens (tertiary/aromatic N) is 6. The second kappa shape index (κ2) is 8.87. The number of hydrogen-bond acceptors (Lipinski definition) is 7. The second-order valence-electron chi connectivity index (χ2n) is 10.1. The first-order valence-electron chi connectivity index (χ1n) is 12.8. The molecule has 1 saturated heterocycles. The Hall–Kier alpha value is -3.49. The summed E-state index contributed by atoms with van der Waals surface area (Å²) in [6, 6.07) is 14.7. The van der Waals surface area contributed by atoms with E-state index in [4.69, 9.17) is 9.97 Å². The maximum Gasteiger partial charge on any atom is 0.229 e. The summed E-state index contributed by atoms with van der Waals surface area (Å²) in [6.45, 7) is 8.33. The number of benzene rings is 1. The lowest BCUT2D eigenvalue weighted by molar-refractivity contribution is 0.0306. The molecule has 2 N–H and O–H groups in total. The van der Waals surface area contributed by atoms with Crippen LogP contribution in [-0.2, 0) is 12.0 Å². The molecule has 1 aromatic carbocycles.